The van der Waals surface area contributed by atoms with Gasteiger partial charge in [-0.05, 0) is 26.2 Å². The second-order valence-electron chi connectivity index (χ2n) is 4.94. The molecule has 0 aromatic rings. The lowest BCUT2D eigenvalue weighted by Crippen LogP contribution is -2.46. The normalized spacial score (nSPS) is 33.6. The van der Waals surface area contributed by atoms with E-state index in [4.69, 9.17) is 4.74 Å². The molecule has 0 aromatic carbocycles. The molecule has 1 fully saturated rings. The molecule has 0 bridgehead atoms. The average molecular weight is 202 g/mol. The lowest BCUT2D eigenvalue weighted by Gasteiger charge is -2.33. The standard InChI is InChI=1S/C11H24NO2/c1-10(2)14-9-6-11-4-7-12(3,13)8-5-11/h10-11,13H,4-9H2,1-3H3/q+1. The first-order valence-electron chi connectivity index (χ1n) is 5.68. The zero-order valence-electron chi connectivity index (χ0n) is 9.70. The van der Waals surface area contributed by atoms with Crippen LogP contribution in [0.1, 0.15) is 33.1 Å². The molecule has 0 unspecified atom stereocenters. The van der Waals surface area contributed by atoms with Crippen LogP contribution in [-0.2, 0) is 4.74 Å². The van der Waals surface area contributed by atoms with Crippen molar-refractivity contribution >= 4 is 0 Å². The van der Waals surface area contributed by atoms with Gasteiger partial charge in [0.2, 0.25) is 0 Å². The maximum absolute atomic E-state index is 9.71. The number of hydroxylamine groups is 3. The molecule has 3 heteroatoms. The van der Waals surface area contributed by atoms with E-state index in [1.165, 1.54) is 0 Å². The van der Waals surface area contributed by atoms with Gasteiger partial charge in [-0.15, -0.1) is 0 Å². The fourth-order valence-corrected chi connectivity index (χ4v) is 1.94. The molecule has 1 rings (SSSR count). The fourth-order valence-electron chi connectivity index (χ4n) is 1.94. The van der Waals surface area contributed by atoms with Gasteiger partial charge in [0.15, 0.2) is 0 Å². The van der Waals surface area contributed by atoms with Crippen LogP contribution in [0.4, 0.5) is 0 Å². The van der Waals surface area contributed by atoms with Crippen LogP contribution in [0.2, 0.25) is 0 Å². The lowest BCUT2D eigenvalue weighted by molar-refractivity contribution is -1.09. The van der Waals surface area contributed by atoms with Crippen LogP contribution < -0.4 is 0 Å². The van der Waals surface area contributed by atoms with Crippen molar-refractivity contribution in [2.75, 3.05) is 26.7 Å². The third-order valence-corrected chi connectivity index (χ3v) is 3.02. The van der Waals surface area contributed by atoms with Crippen LogP contribution in [0.5, 0.6) is 0 Å². The van der Waals surface area contributed by atoms with E-state index >= 15 is 0 Å². The van der Waals surface area contributed by atoms with Crippen molar-refractivity contribution in [1.82, 2.24) is 0 Å². The molecule has 84 valence electrons. The molecule has 1 N–H and O–H groups in total. The van der Waals surface area contributed by atoms with Gasteiger partial charge in [0.1, 0.15) is 13.1 Å². The maximum atomic E-state index is 9.71. The number of piperidine rings is 1. The highest BCUT2D eigenvalue weighted by Crippen LogP contribution is 2.22. The Morgan fingerprint density at radius 1 is 1.36 bits per heavy atom. The first-order chi connectivity index (χ1) is 6.49. The van der Waals surface area contributed by atoms with Gasteiger partial charge in [0.25, 0.3) is 0 Å². The minimum atomic E-state index is 0.210. The van der Waals surface area contributed by atoms with Gasteiger partial charge in [0.05, 0.1) is 13.2 Å². The smallest absolute Gasteiger partial charge is 0.109 e. The summed E-state index contributed by atoms with van der Waals surface area (Å²) in [5.74, 6) is 0.757. The maximum Gasteiger partial charge on any atom is 0.109 e. The molecular formula is C11H24NO2+. The number of nitrogens with zero attached hydrogens (tertiary/aromatic N) is 1. The van der Waals surface area contributed by atoms with Crippen molar-refractivity contribution in [2.24, 2.45) is 5.92 Å². The van der Waals surface area contributed by atoms with Crippen molar-refractivity contribution < 1.29 is 14.6 Å². The van der Waals surface area contributed by atoms with Gasteiger partial charge < -0.3 is 4.74 Å². The molecule has 0 radical (unpaired) electrons. The van der Waals surface area contributed by atoms with Crippen LogP contribution in [-0.4, -0.2) is 42.7 Å². The minimum absolute atomic E-state index is 0.210. The summed E-state index contributed by atoms with van der Waals surface area (Å²) in [5.41, 5.74) is 0. The topological polar surface area (TPSA) is 29.5 Å². The number of hydrogen-bond acceptors (Lipinski definition) is 2. The zero-order chi connectivity index (χ0) is 10.6. The molecule has 14 heavy (non-hydrogen) atoms. The number of quaternary nitrogens is 1. The molecule has 0 amide bonds. The highest BCUT2D eigenvalue weighted by molar-refractivity contribution is 4.62. The summed E-state index contributed by atoms with van der Waals surface area (Å²) in [6.45, 7) is 6.81. The predicted molar refractivity (Wildman–Crippen MR) is 56.1 cm³/mol. The van der Waals surface area contributed by atoms with Gasteiger partial charge in [-0.1, -0.05) is 0 Å². The summed E-state index contributed by atoms with van der Waals surface area (Å²) in [7, 11) is 1.89. The highest BCUT2D eigenvalue weighted by Gasteiger charge is 2.28. The molecule has 0 aliphatic carbocycles. The Kier molecular flexibility index (Phi) is 4.35. The van der Waals surface area contributed by atoms with E-state index in [0.29, 0.717) is 6.10 Å². The van der Waals surface area contributed by atoms with E-state index in [2.05, 4.69) is 13.8 Å². The van der Waals surface area contributed by atoms with Crippen LogP contribution in [0, 0.1) is 5.92 Å². The van der Waals surface area contributed by atoms with E-state index in [9.17, 15) is 5.21 Å². The number of ether oxygens (including phenoxy) is 1. The van der Waals surface area contributed by atoms with Gasteiger partial charge in [-0.2, -0.15) is 4.65 Å². The summed E-state index contributed by atoms with van der Waals surface area (Å²) >= 11 is 0. The minimum Gasteiger partial charge on any atom is -0.379 e. The quantitative estimate of drug-likeness (QED) is 0.707. The van der Waals surface area contributed by atoms with Crippen molar-refractivity contribution in [3.63, 3.8) is 0 Å². The molecule has 1 aliphatic heterocycles. The Bertz CT molecular complexity index is 159. The average Bonchev–Trinajstić information content (AvgIpc) is 2.07. The fraction of sp³-hybridized carbons (Fsp3) is 1.00. The van der Waals surface area contributed by atoms with Crippen molar-refractivity contribution in [1.29, 1.82) is 0 Å². The monoisotopic (exact) mass is 202 g/mol. The lowest BCUT2D eigenvalue weighted by atomic mass is 9.94. The Labute approximate surface area is 87.2 Å². The van der Waals surface area contributed by atoms with Gasteiger partial charge in [0, 0.05) is 19.4 Å². The van der Waals surface area contributed by atoms with Crippen molar-refractivity contribution in [3.8, 4) is 0 Å². The van der Waals surface area contributed by atoms with Crippen LogP contribution in [0.25, 0.3) is 0 Å². The summed E-state index contributed by atoms with van der Waals surface area (Å²) < 4.78 is 5.74. The van der Waals surface area contributed by atoms with Crippen LogP contribution in [0.3, 0.4) is 0 Å². The first-order valence-corrected chi connectivity index (χ1v) is 5.68. The Balaban J connectivity index is 2.10. The summed E-state index contributed by atoms with van der Waals surface area (Å²) in [6, 6.07) is 0. The summed E-state index contributed by atoms with van der Waals surface area (Å²) in [6.07, 6.45) is 3.76. The van der Waals surface area contributed by atoms with Gasteiger partial charge in [-0.3, -0.25) is 0 Å². The van der Waals surface area contributed by atoms with E-state index in [0.717, 1.165) is 44.9 Å². The second-order valence-corrected chi connectivity index (χ2v) is 4.94. The Hall–Kier alpha value is -0.120. The molecule has 0 saturated carbocycles. The molecule has 1 aliphatic rings. The zero-order valence-corrected chi connectivity index (χ0v) is 9.70. The van der Waals surface area contributed by atoms with E-state index < -0.39 is 0 Å². The van der Waals surface area contributed by atoms with Crippen LogP contribution >= 0.6 is 0 Å². The number of likely N-dealkylation sites (tertiary alicyclic amines) is 1. The van der Waals surface area contributed by atoms with E-state index in [1.807, 2.05) is 7.05 Å². The molecule has 1 saturated heterocycles. The van der Waals surface area contributed by atoms with Gasteiger partial charge in [-0.25, -0.2) is 5.21 Å². The molecule has 0 aromatic heterocycles. The van der Waals surface area contributed by atoms with E-state index in [1.54, 1.807) is 0 Å². The molecule has 3 nitrogen and oxygen atoms in total. The van der Waals surface area contributed by atoms with Crippen LogP contribution in [0.15, 0.2) is 0 Å². The first kappa shape index (κ1) is 12.0. The molecule has 0 atom stereocenters. The summed E-state index contributed by atoms with van der Waals surface area (Å²) in [4.78, 5) is 0. The SMILES string of the molecule is CC(C)OCCC1CC[N+](C)(O)CC1. The van der Waals surface area contributed by atoms with Crippen molar-refractivity contribution in [3.05, 3.63) is 0 Å². The summed E-state index contributed by atoms with van der Waals surface area (Å²) in [5, 5.41) is 9.71. The third-order valence-electron chi connectivity index (χ3n) is 3.02. The van der Waals surface area contributed by atoms with Crippen molar-refractivity contribution in [2.45, 2.75) is 39.2 Å². The highest BCUT2D eigenvalue weighted by atomic mass is 16.5. The number of rotatable bonds is 4. The second kappa shape index (κ2) is 5.10. The number of hydrogen-bond donors (Lipinski definition) is 1. The molecule has 1 heterocycles. The molecule has 0 spiro atoms. The predicted octanol–water partition coefficient (Wildman–Crippen LogP) is 2.05. The van der Waals surface area contributed by atoms with E-state index in [-0.39, 0.29) is 4.65 Å². The third kappa shape index (κ3) is 4.40. The molecular weight excluding hydrogens is 178 g/mol. The largest absolute Gasteiger partial charge is 0.379 e. The van der Waals surface area contributed by atoms with Gasteiger partial charge >= 0.3 is 0 Å². The Morgan fingerprint density at radius 2 is 1.93 bits per heavy atom. The Morgan fingerprint density at radius 3 is 2.43 bits per heavy atom.